The Morgan fingerprint density at radius 3 is 2.96 bits per heavy atom. The lowest BCUT2D eigenvalue weighted by Crippen LogP contribution is -2.37. The highest BCUT2D eigenvalue weighted by molar-refractivity contribution is 8.13. The molecule has 1 aliphatic carbocycles. The molecule has 27 heavy (non-hydrogen) atoms. The number of anilines is 1. The van der Waals surface area contributed by atoms with E-state index in [1.54, 1.807) is 6.07 Å². The third-order valence-electron chi connectivity index (χ3n) is 5.19. The van der Waals surface area contributed by atoms with Gasteiger partial charge < -0.3 is 11.1 Å². The number of nitrogens with two attached hydrogens (primary N) is 1. The van der Waals surface area contributed by atoms with Crippen molar-refractivity contribution in [3.05, 3.63) is 59.4 Å². The number of aromatic nitrogens is 1. The van der Waals surface area contributed by atoms with Crippen LogP contribution in [0, 0.1) is 17.6 Å². The van der Waals surface area contributed by atoms with Crippen LogP contribution in [0.2, 0.25) is 0 Å². The molecule has 0 bridgehead atoms. The van der Waals surface area contributed by atoms with E-state index in [0.717, 1.165) is 24.7 Å². The van der Waals surface area contributed by atoms with Gasteiger partial charge in [0.2, 0.25) is 0 Å². The van der Waals surface area contributed by atoms with Crippen LogP contribution in [0.1, 0.15) is 35.3 Å². The van der Waals surface area contributed by atoms with Crippen molar-refractivity contribution in [3.8, 4) is 0 Å². The summed E-state index contributed by atoms with van der Waals surface area (Å²) in [5, 5.41) is 3.06. The van der Waals surface area contributed by atoms with Gasteiger partial charge in [-0.1, -0.05) is 18.2 Å². The van der Waals surface area contributed by atoms with Gasteiger partial charge in [0, 0.05) is 23.2 Å². The van der Waals surface area contributed by atoms with Gasteiger partial charge in [-0.15, -0.1) is 0 Å². The summed E-state index contributed by atoms with van der Waals surface area (Å²) in [5.74, 6) is -0.789. The molecular weight excluding hydrogens is 370 g/mol. The molecule has 1 saturated carbocycles. The Morgan fingerprint density at radius 1 is 1.30 bits per heavy atom. The van der Waals surface area contributed by atoms with Gasteiger partial charge in [0.25, 0.3) is 5.91 Å². The van der Waals surface area contributed by atoms with Crippen molar-refractivity contribution in [2.24, 2.45) is 16.6 Å². The van der Waals surface area contributed by atoms with Crippen LogP contribution < -0.4 is 11.1 Å². The van der Waals surface area contributed by atoms with Crippen LogP contribution in [-0.2, 0) is 5.54 Å². The monoisotopic (exact) mass is 388 g/mol. The second-order valence-electron chi connectivity index (χ2n) is 6.76. The van der Waals surface area contributed by atoms with Crippen LogP contribution in [0.4, 0.5) is 14.5 Å². The first-order chi connectivity index (χ1) is 13.0. The molecule has 0 unspecified atom stereocenters. The molecule has 1 aromatic heterocycles. The summed E-state index contributed by atoms with van der Waals surface area (Å²) in [6, 6.07) is 6.90. The number of nitrogens with zero attached hydrogens (tertiary/aromatic N) is 2. The molecule has 2 heterocycles. The number of carbonyl (C=O) groups excluding carboxylic acids is 1. The first kappa shape index (κ1) is 17.9. The molecule has 0 saturated heterocycles. The highest BCUT2D eigenvalue weighted by Crippen LogP contribution is 2.51. The molecule has 1 aromatic carbocycles. The molecular formula is C19H18F2N4OS. The van der Waals surface area contributed by atoms with E-state index >= 15 is 0 Å². The quantitative estimate of drug-likeness (QED) is 0.841. The maximum atomic E-state index is 14.7. The fraction of sp³-hybridized carbons (Fsp3) is 0.316. The van der Waals surface area contributed by atoms with Gasteiger partial charge in [-0.2, -0.15) is 0 Å². The van der Waals surface area contributed by atoms with Gasteiger partial charge >= 0.3 is 0 Å². The number of hydrogen-bond acceptors (Lipinski definition) is 5. The zero-order chi connectivity index (χ0) is 19.0. The third kappa shape index (κ3) is 3.18. The molecule has 2 aromatic rings. The van der Waals surface area contributed by atoms with E-state index in [4.69, 9.17) is 5.73 Å². The van der Waals surface area contributed by atoms with E-state index in [1.165, 1.54) is 36.2 Å². The number of pyridine rings is 1. The molecule has 0 radical (unpaired) electrons. The van der Waals surface area contributed by atoms with Crippen LogP contribution in [0.15, 0.2) is 41.5 Å². The number of halogens is 2. The molecule has 2 atom stereocenters. The van der Waals surface area contributed by atoms with Crippen LogP contribution in [-0.4, -0.2) is 21.8 Å². The predicted octanol–water partition coefficient (Wildman–Crippen LogP) is 3.67. The number of amidine groups is 1. The number of carbonyl (C=O) groups is 1. The fourth-order valence-corrected chi connectivity index (χ4v) is 4.98. The van der Waals surface area contributed by atoms with Gasteiger partial charge in [-0.05, 0) is 49.1 Å². The lowest BCUT2D eigenvalue weighted by Gasteiger charge is -2.36. The Kier molecular flexibility index (Phi) is 4.59. The molecule has 1 amide bonds. The standard InChI is InChI=1S/C19H18F2N4OS/c20-14-6-5-12(24-17(26)16-15(21)4-2-8-23-16)9-13(14)19-7-1-3-11(19)10-27-18(22)25-19/h2,4-6,8-9,11H,1,3,7,10H2,(H2,22,25)(H,24,26)/t11-,19-/m0/s1. The number of hydrogen-bond donors (Lipinski definition) is 2. The largest absolute Gasteiger partial charge is 0.379 e. The lowest BCUT2D eigenvalue weighted by atomic mass is 9.81. The summed E-state index contributed by atoms with van der Waals surface area (Å²) in [4.78, 5) is 20.7. The molecule has 140 valence electrons. The van der Waals surface area contributed by atoms with Crippen molar-refractivity contribution < 1.29 is 13.6 Å². The van der Waals surface area contributed by atoms with E-state index in [2.05, 4.69) is 15.3 Å². The summed E-state index contributed by atoms with van der Waals surface area (Å²) in [7, 11) is 0. The van der Waals surface area contributed by atoms with E-state index in [-0.39, 0.29) is 17.4 Å². The third-order valence-corrected chi connectivity index (χ3v) is 6.15. The molecule has 5 nitrogen and oxygen atoms in total. The first-order valence-corrected chi connectivity index (χ1v) is 9.68. The lowest BCUT2D eigenvalue weighted by molar-refractivity contribution is 0.101. The van der Waals surface area contributed by atoms with Crippen LogP contribution in [0.5, 0.6) is 0 Å². The van der Waals surface area contributed by atoms with Crippen LogP contribution in [0.25, 0.3) is 0 Å². The van der Waals surface area contributed by atoms with Gasteiger partial charge in [-0.3, -0.25) is 9.79 Å². The van der Waals surface area contributed by atoms with Gasteiger partial charge in [-0.25, -0.2) is 13.8 Å². The predicted molar refractivity (Wildman–Crippen MR) is 102 cm³/mol. The summed E-state index contributed by atoms with van der Waals surface area (Å²) >= 11 is 1.49. The topological polar surface area (TPSA) is 80.4 Å². The van der Waals surface area contributed by atoms with Crippen molar-refractivity contribution in [1.29, 1.82) is 0 Å². The van der Waals surface area contributed by atoms with Gasteiger partial charge in [0.15, 0.2) is 16.7 Å². The minimum Gasteiger partial charge on any atom is -0.379 e. The summed E-state index contributed by atoms with van der Waals surface area (Å²) < 4.78 is 28.5. The summed E-state index contributed by atoms with van der Waals surface area (Å²) in [6.07, 6.45) is 3.95. The van der Waals surface area contributed by atoms with Crippen LogP contribution in [0.3, 0.4) is 0 Å². The zero-order valence-corrected chi connectivity index (χ0v) is 15.2. The van der Waals surface area contributed by atoms with Crippen molar-refractivity contribution in [3.63, 3.8) is 0 Å². The molecule has 2 aliphatic rings. The van der Waals surface area contributed by atoms with E-state index < -0.39 is 17.3 Å². The van der Waals surface area contributed by atoms with Crippen molar-refractivity contribution in [2.45, 2.75) is 24.8 Å². The fourth-order valence-electron chi connectivity index (χ4n) is 3.94. The van der Waals surface area contributed by atoms with Crippen molar-refractivity contribution >= 4 is 28.5 Å². The minimum atomic E-state index is -0.714. The molecule has 3 N–H and O–H groups in total. The smallest absolute Gasteiger partial charge is 0.277 e. The average molecular weight is 388 g/mol. The van der Waals surface area contributed by atoms with Crippen molar-refractivity contribution in [1.82, 2.24) is 4.98 Å². The molecule has 0 spiro atoms. The van der Waals surface area contributed by atoms with Crippen molar-refractivity contribution in [2.75, 3.05) is 11.1 Å². The van der Waals surface area contributed by atoms with E-state index in [0.29, 0.717) is 22.8 Å². The van der Waals surface area contributed by atoms with E-state index in [9.17, 15) is 13.6 Å². The van der Waals surface area contributed by atoms with E-state index in [1.807, 2.05) is 0 Å². The average Bonchev–Trinajstić information content (AvgIpc) is 3.07. The maximum absolute atomic E-state index is 14.7. The number of benzene rings is 1. The molecule has 1 fully saturated rings. The minimum absolute atomic E-state index is 0.198. The number of rotatable bonds is 3. The Balaban J connectivity index is 1.69. The molecule has 1 aliphatic heterocycles. The number of fused-ring (bicyclic) bond motifs is 1. The molecule has 8 heteroatoms. The first-order valence-electron chi connectivity index (χ1n) is 8.69. The highest BCUT2D eigenvalue weighted by atomic mass is 32.2. The summed E-state index contributed by atoms with van der Waals surface area (Å²) in [5.41, 5.74) is 5.73. The normalized spacial score (nSPS) is 24.2. The number of thioether (sulfide) groups is 1. The Hall–Kier alpha value is -2.48. The maximum Gasteiger partial charge on any atom is 0.277 e. The SMILES string of the molecule is NC1=N[C@@]2(c3cc(NC(=O)c4ncccc4F)ccc3F)CCC[C@H]2CS1. The number of amides is 1. The highest BCUT2D eigenvalue weighted by Gasteiger charge is 2.48. The Labute approximate surface area is 159 Å². The number of aliphatic imine (C=N–C) groups is 1. The molecule has 4 rings (SSSR count). The zero-order valence-electron chi connectivity index (χ0n) is 14.4. The van der Waals surface area contributed by atoms with Gasteiger partial charge in [0.05, 0.1) is 5.54 Å². The summed E-state index contributed by atoms with van der Waals surface area (Å²) in [6.45, 7) is 0. The Bertz CT molecular complexity index is 936. The second kappa shape index (κ2) is 6.92. The second-order valence-corrected chi connectivity index (χ2v) is 7.80. The number of nitrogens with one attached hydrogen (secondary N) is 1. The Morgan fingerprint density at radius 2 is 2.15 bits per heavy atom. The van der Waals surface area contributed by atoms with Gasteiger partial charge in [0.1, 0.15) is 5.82 Å². The van der Waals surface area contributed by atoms with Crippen LogP contribution >= 0.6 is 11.8 Å².